The maximum absolute atomic E-state index is 13.1. The van der Waals surface area contributed by atoms with Crippen molar-refractivity contribution in [2.24, 2.45) is 5.92 Å². The number of hydrogen-bond donors (Lipinski definition) is 2. The van der Waals surface area contributed by atoms with Crippen LogP contribution in [0.1, 0.15) is 29.8 Å². The van der Waals surface area contributed by atoms with Crippen LogP contribution in [0.25, 0.3) is 0 Å². The lowest BCUT2D eigenvalue weighted by atomic mass is 9.94. The summed E-state index contributed by atoms with van der Waals surface area (Å²) in [4.78, 5) is 14.9. The van der Waals surface area contributed by atoms with Crippen molar-refractivity contribution in [3.8, 4) is 0 Å². The van der Waals surface area contributed by atoms with Gasteiger partial charge in [-0.25, -0.2) is 0 Å². The summed E-state index contributed by atoms with van der Waals surface area (Å²) in [6, 6.07) is 12.0. The Morgan fingerprint density at radius 1 is 1.33 bits per heavy atom. The van der Waals surface area contributed by atoms with Crippen molar-refractivity contribution >= 4 is 5.91 Å². The van der Waals surface area contributed by atoms with Gasteiger partial charge in [0.05, 0.1) is 17.2 Å². The molecule has 2 fully saturated rings. The molecular weight excluding hydrogens is 302 g/mol. The van der Waals surface area contributed by atoms with Crippen LogP contribution in [0.15, 0.2) is 36.4 Å². The summed E-state index contributed by atoms with van der Waals surface area (Å²) in [6.07, 6.45) is 2.04. The third kappa shape index (κ3) is 2.63. The Kier molecular flexibility index (Phi) is 3.68. The minimum Gasteiger partial charge on any atom is -0.391 e. The van der Waals surface area contributed by atoms with Crippen molar-refractivity contribution in [2.75, 3.05) is 13.1 Å². The first-order chi connectivity index (χ1) is 11.6. The Morgan fingerprint density at radius 3 is 2.71 bits per heavy atom. The summed E-state index contributed by atoms with van der Waals surface area (Å²) in [6.45, 7) is 3.01. The summed E-state index contributed by atoms with van der Waals surface area (Å²) in [7, 11) is 0. The lowest BCUT2D eigenvalue weighted by molar-refractivity contribution is -0.133. The van der Waals surface area contributed by atoms with Crippen LogP contribution >= 0.6 is 0 Å². The number of aliphatic hydroxyl groups is 1. The highest BCUT2D eigenvalue weighted by atomic mass is 16.3. The molecule has 1 amide bonds. The first-order valence-electron chi connectivity index (χ1n) is 8.62. The molecule has 1 aliphatic heterocycles. The molecule has 1 saturated carbocycles. The van der Waals surface area contributed by atoms with E-state index in [2.05, 4.69) is 10.2 Å². The fraction of sp³-hybridized carbons (Fsp3) is 0.474. The van der Waals surface area contributed by atoms with Crippen LogP contribution in [-0.2, 0) is 16.6 Å². The smallest absolute Gasteiger partial charge is 0.233 e. The monoisotopic (exact) mass is 325 g/mol. The molecular formula is C19H23N3O2. The molecule has 0 unspecified atom stereocenters. The maximum atomic E-state index is 13.1. The average molecular weight is 325 g/mol. The molecule has 0 bridgehead atoms. The second-order valence-electron chi connectivity index (χ2n) is 7.23. The van der Waals surface area contributed by atoms with E-state index in [0.717, 1.165) is 29.8 Å². The number of nitrogens with zero attached hydrogens (tertiary/aromatic N) is 2. The fourth-order valence-corrected chi connectivity index (χ4v) is 3.88. The molecule has 4 rings (SSSR count). The maximum Gasteiger partial charge on any atom is 0.233 e. The molecule has 5 heteroatoms. The van der Waals surface area contributed by atoms with Gasteiger partial charge in [0.15, 0.2) is 0 Å². The average Bonchev–Trinajstić information content (AvgIpc) is 3.19. The van der Waals surface area contributed by atoms with Crippen LogP contribution in [-0.4, -0.2) is 45.3 Å². The van der Waals surface area contributed by atoms with E-state index in [1.54, 1.807) is 0 Å². The van der Waals surface area contributed by atoms with Gasteiger partial charge in [-0.15, -0.1) is 0 Å². The molecule has 1 aromatic carbocycles. The molecule has 1 aliphatic carbocycles. The largest absolute Gasteiger partial charge is 0.391 e. The molecule has 5 nitrogen and oxygen atoms in total. The third-order valence-corrected chi connectivity index (χ3v) is 5.41. The van der Waals surface area contributed by atoms with Gasteiger partial charge in [0.2, 0.25) is 5.91 Å². The van der Waals surface area contributed by atoms with Crippen LogP contribution in [0.5, 0.6) is 0 Å². The van der Waals surface area contributed by atoms with Crippen LogP contribution in [0, 0.1) is 12.8 Å². The quantitative estimate of drug-likeness (QED) is 0.901. The highest BCUT2D eigenvalue weighted by Gasteiger charge is 2.54. The number of aryl methyl sites for hydroxylation is 1. The lowest BCUT2D eigenvalue weighted by Gasteiger charge is -2.23. The number of hydrogen-bond acceptors (Lipinski definition) is 3. The first kappa shape index (κ1) is 15.4. The molecule has 126 valence electrons. The summed E-state index contributed by atoms with van der Waals surface area (Å²) in [5, 5.41) is 17.6. The minimum absolute atomic E-state index is 0.0585. The Labute approximate surface area is 141 Å². The molecule has 2 aromatic rings. The SMILES string of the molecule is Cc1cc(C[C@@H]2CN(C(=O)C3(c4ccccc4)CC3)C[C@H]2O)n[nH]1. The van der Waals surface area contributed by atoms with Crippen molar-refractivity contribution in [3.05, 3.63) is 53.3 Å². The molecule has 1 saturated heterocycles. The van der Waals surface area contributed by atoms with Crippen LogP contribution < -0.4 is 0 Å². The number of carbonyl (C=O) groups excluding carboxylic acids is 1. The van der Waals surface area contributed by atoms with Gasteiger partial charge >= 0.3 is 0 Å². The number of rotatable bonds is 4. The fourth-order valence-electron chi connectivity index (χ4n) is 3.88. The Balaban J connectivity index is 1.47. The predicted molar refractivity (Wildman–Crippen MR) is 90.5 cm³/mol. The number of nitrogens with one attached hydrogen (secondary N) is 1. The van der Waals surface area contributed by atoms with E-state index >= 15 is 0 Å². The zero-order chi connectivity index (χ0) is 16.7. The van der Waals surface area contributed by atoms with Crippen LogP contribution in [0.4, 0.5) is 0 Å². The number of β-amino-alcohol motifs (C(OH)–C–C–N with tert-alkyl or cyclic N) is 1. The number of carbonyl (C=O) groups is 1. The van der Waals surface area contributed by atoms with Gasteiger partial charge in [0.1, 0.15) is 0 Å². The van der Waals surface area contributed by atoms with Gasteiger partial charge in [0.25, 0.3) is 0 Å². The standard InChI is InChI=1S/C19H23N3O2/c1-13-9-16(21-20-13)10-14-11-22(12-17(14)23)18(24)19(7-8-19)15-5-3-2-4-6-15/h2-6,9,14,17,23H,7-8,10-12H2,1H3,(H,20,21)/t14-,17-/m1/s1. The summed E-state index contributed by atoms with van der Waals surface area (Å²) in [5.74, 6) is 0.233. The van der Waals surface area contributed by atoms with Crippen LogP contribution in [0.2, 0.25) is 0 Å². The van der Waals surface area contributed by atoms with Crippen molar-refractivity contribution < 1.29 is 9.90 Å². The predicted octanol–water partition coefficient (Wildman–Crippen LogP) is 1.81. The van der Waals surface area contributed by atoms with Gasteiger partial charge in [0, 0.05) is 24.7 Å². The van der Waals surface area contributed by atoms with E-state index in [1.807, 2.05) is 48.2 Å². The molecule has 2 atom stereocenters. The van der Waals surface area contributed by atoms with Gasteiger partial charge in [-0.2, -0.15) is 5.10 Å². The van der Waals surface area contributed by atoms with Crippen molar-refractivity contribution in [3.63, 3.8) is 0 Å². The van der Waals surface area contributed by atoms with E-state index in [1.165, 1.54) is 0 Å². The third-order valence-electron chi connectivity index (χ3n) is 5.41. The van der Waals surface area contributed by atoms with Gasteiger partial charge < -0.3 is 10.0 Å². The number of aliphatic hydroxyl groups excluding tert-OH is 1. The topological polar surface area (TPSA) is 69.2 Å². The molecule has 0 spiro atoms. The molecule has 1 aromatic heterocycles. The summed E-state index contributed by atoms with van der Waals surface area (Å²) < 4.78 is 0. The Morgan fingerprint density at radius 2 is 2.08 bits per heavy atom. The van der Waals surface area contributed by atoms with Crippen LogP contribution in [0.3, 0.4) is 0 Å². The van der Waals surface area contributed by atoms with E-state index in [0.29, 0.717) is 19.5 Å². The zero-order valence-corrected chi connectivity index (χ0v) is 13.9. The van der Waals surface area contributed by atoms with Gasteiger partial charge in [-0.1, -0.05) is 30.3 Å². The van der Waals surface area contributed by atoms with Crippen molar-refractivity contribution in [2.45, 2.75) is 37.7 Å². The molecule has 0 radical (unpaired) electrons. The van der Waals surface area contributed by atoms with E-state index in [4.69, 9.17) is 0 Å². The number of H-pyrrole nitrogens is 1. The van der Waals surface area contributed by atoms with Crippen molar-refractivity contribution in [1.82, 2.24) is 15.1 Å². The zero-order valence-electron chi connectivity index (χ0n) is 13.9. The lowest BCUT2D eigenvalue weighted by Crippen LogP contribution is -2.38. The Hall–Kier alpha value is -2.14. The highest BCUT2D eigenvalue weighted by Crippen LogP contribution is 2.50. The summed E-state index contributed by atoms with van der Waals surface area (Å²) in [5.41, 5.74) is 2.73. The second kappa shape index (κ2) is 5.74. The Bertz CT molecular complexity index is 736. The normalized spacial score (nSPS) is 25.0. The second-order valence-corrected chi connectivity index (χ2v) is 7.23. The van der Waals surface area contributed by atoms with E-state index < -0.39 is 6.10 Å². The molecule has 2 N–H and O–H groups in total. The number of amides is 1. The minimum atomic E-state index is -0.475. The number of benzene rings is 1. The number of likely N-dealkylation sites (tertiary alicyclic amines) is 1. The molecule has 24 heavy (non-hydrogen) atoms. The first-order valence-corrected chi connectivity index (χ1v) is 8.62. The molecule has 2 heterocycles. The summed E-state index contributed by atoms with van der Waals surface area (Å²) >= 11 is 0. The van der Waals surface area contributed by atoms with E-state index in [9.17, 15) is 9.90 Å². The number of aromatic nitrogens is 2. The number of aromatic amines is 1. The highest BCUT2D eigenvalue weighted by molar-refractivity contribution is 5.91. The van der Waals surface area contributed by atoms with Gasteiger partial charge in [-0.3, -0.25) is 9.89 Å². The van der Waals surface area contributed by atoms with Crippen molar-refractivity contribution in [1.29, 1.82) is 0 Å². The van der Waals surface area contributed by atoms with Gasteiger partial charge in [-0.05, 0) is 37.8 Å². The molecule has 2 aliphatic rings. The van der Waals surface area contributed by atoms with E-state index in [-0.39, 0.29) is 17.2 Å².